The molecule has 0 bridgehead atoms. The summed E-state index contributed by atoms with van der Waals surface area (Å²) in [5.74, 6) is 1.18. The van der Waals surface area contributed by atoms with Gasteiger partial charge in [0.15, 0.2) is 5.78 Å². The van der Waals surface area contributed by atoms with Gasteiger partial charge < -0.3 is 9.47 Å². The summed E-state index contributed by atoms with van der Waals surface area (Å²) in [5.41, 5.74) is 1.29. The van der Waals surface area contributed by atoms with E-state index in [0.29, 0.717) is 22.1 Å². The van der Waals surface area contributed by atoms with Gasteiger partial charge in [0, 0.05) is 11.6 Å². The topological polar surface area (TPSA) is 35.5 Å². The van der Waals surface area contributed by atoms with Crippen molar-refractivity contribution in [3.8, 4) is 11.5 Å². The molecule has 0 saturated heterocycles. The van der Waals surface area contributed by atoms with Crippen molar-refractivity contribution in [1.82, 2.24) is 0 Å². The van der Waals surface area contributed by atoms with Gasteiger partial charge >= 0.3 is 0 Å². The number of ketones is 1. The quantitative estimate of drug-likeness (QED) is 0.612. The number of rotatable bonds is 5. The molecule has 0 atom stereocenters. The molecule has 2 rings (SSSR count). The van der Waals surface area contributed by atoms with Gasteiger partial charge in [-0.3, -0.25) is 4.79 Å². The van der Waals surface area contributed by atoms with Crippen LogP contribution in [0, 0.1) is 0 Å². The average molecular weight is 303 g/mol. The Hall–Kier alpha value is -2.26. The summed E-state index contributed by atoms with van der Waals surface area (Å²) in [5, 5.41) is 0.440. The molecule has 0 fully saturated rings. The molecule has 4 heteroatoms. The van der Waals surface area contributed by atoms with Crippen LogP contribution >= 0.6 is 11.6 Å². The predicted octanol–water partition coefficient (Wildman–Crippen LogP) is 4.25. The minimum Gasteiger partial charge on any atom is -0.497 e. The zero-order chi connectivity index (χ0) is 15.2. The maximum absolute atomic E-state index is 12.1. The third-order valence-corrected chi connectivity index (χ3v) is 3.27. The maximum Gasteiger partial charge on any atom is 0.187 e. The molecule has 108 valence electrons. The predicted molar refractivity (Wildman–Crippen MR) is 84.4 cm³/mol. The van der Waals surface area contributed by atoms with Crippen molar-refractivity contribution in [2.24, 2.45) is 0 Å². The lowest BCUT2D eigenvalue weighted by Crippen LogP contribution is -1.95. The molecule has 0 N–H and O–H groups in total. The lowest BCUT2D eigenvalue weighted by atomic mass is 10.1. The minimum atomic E-state index is -0.151. The molecule has 3 nitrogen and oxygen atoms in total. The zero-order valence-corrected chi connectivity index (χ0v) is 12.6. The molecule has 0 heterocycles. The Bertz CT molecular complexity index is 655. The van der Waals surface area contributed by atoms with Crippen LogP contribution in [0.3, 0.4) is 0 Å². The smallest absolute Gasteiger partial charge is 0.187 e. The van der Waals surface area contributed by atoms with Gasteiger partial charge in [-0.15, -0.1) is 0 Å². The van der Waals surface area contributed by atoms with Gasteiger partial charge in [0.1, 0.15) is 11.5 Å². The molecular weight excluding hydrogens is 288 g/mol. The van der Waals surface area contributed by atoms with Crippen LogP contribution < -0.4 is 9.47 Å². The molecule has 0 radical (unpaired) electrons. The second kappa shape index (κ2) is 6.95. The van der Waals surface area contributed by atoms with E-state index in [2.05, 4.69) is 0 Å². The highest BCUT2D eigenvalue weighted by molar-refractivity contribution is 6.34. The van der Waals surface area contributed by atoms with Crippen LogP contribution in [-0.2, 0) is 0 Å². The minimum absolute atomic E-state index is 0.151. The third-order valence-electron chi connectivity index (χ3n) is 2.94. The van der Waals surface area contributed by atoms with Crippen LogP contribution in [0.1, 0.15) is 15.9 Å². The van der Waals surface area contributed by atoms with E-state index in [0.717, 1.165) is 5.56 Å². The maximum atomic E-state index is 12.1. The number of methoxy groups -OCH3 is 2. The second-order valence-corrected chi connectivity index (χ2v) is 4.73. The summed E-state index contributed by atoms with van der Waals surface area (Å²) >= 11 is 6.00. The molecule has 0 spiro atoms. The molecule has 0 amide bonds. The van der Waals surface area contributed by atoms with Crippen molar-refractivity contribution in [1.29, 1.82) is 0 Å². The summed E-state index contributed by atoms with van der Waals surface area (Å²) in [4.78, 5) is 12.1. The number of hydrogen-bond acceptors (Lipinski definition) is 3. The van der Waals surface area contributed by atoms with Crippen LogP contribution in [0.15, 0.2) is 48.5 Å². The van der Waals surface area contributed by atoms with E-state index in [9.17, 15) is 4.79 Å². The lowest BCUT2D eigenvalue weighted by molar-refractivity contribution is 0.104. The first-order valence-electron chi connectivity index (χ1n) is 6.34. The van der Waals surface area contributed by atoms with Gasteiger partial charge in [-0.2, -0.15) is 0 Å². The Morgan fingerprint density at radius 2 is 1.67 bits per heavy atom. The van der Waals surface area contributed by atoms with E-state index in [1.165, 1.54) is 6.08 Å². The number of carbonyl (C=O) groups is 1. The van der Waals surface area contributed by atoms with Crippen molar-refractivity contribution in [2.45, 2.75) is 0 Å². The Morgan fingerprint density at radius 1 is 1.05 bits per heavy atom. The van der Waals surface area contributed by atoms with E-state index in [4.69, 9.17) is 21.1 Å². The second-order valence-electron chi connectivity index (χ2n) is 4.32. The highest BCUT2D eigenvalue weighted by atomic mass is 35.5. The summed E-state index contributed by atoms with van der Waals surface area (Å²) in [7, 11) is 3.16. The Morgan fingerprint density at radius 3 is 2.24 bits per heavy atom. The highest BCUT2D eigenvalue weighted by Gasteiger charge is 2.06. The largest absolute Gasteiger partial charge is 0.497 e. The fourth-order valence-electron chi connectivity index (χ4n) is 1.85. The van der Waals surface area contributed by atoms with E-state index in [1.807, 2.05) is 12.1 Å². The summed E-state index contributed by atoms with van der Waals surface area (Å²) < 4.78 is 10.4. The summed E-state index contributed by atoms with van der Waals surface area (Å²) in [6.07, 6.45) is 3.19. The van der Waals surface area contributed by atoms with Crippen molar-refractivity contribution in [2.75, 3.05) is 14.2 Å². The van der Waals surface area contributed by atoms with Gasteiger partial charge in [0.05, 0.1) is 19.2 Å². The van der Waals surface area contributed by atoms with Crippen molar-refractivity contribution < 1.29 is 14.3 Å². The first-order chi connectivity index (χ1) is 10.1. The van der Waals surface area contributed by atoms with Crippen molar-refractivity contribution >= 4 is 23.5 Å². The zero-order valence-electron chi connectivity index (χ0n) is 11.8. The first-order valence-corrected chi connectivity index (χ1v) is 6.72. The van der Waals surface area contributed by atoms with Crippen molar-refractivity contribution in [3.05, 3.63) is 64.7 Å². The summed E-state index contributed by atoms with van der Waals surface area (Å²) in [6.45, 7) is 0. The molecule has 0 saturated carbocycles. The summed E-state index contributed by atoms with van der Waals surface area (Å²) in [6, 6.07) is 12.4. The fourth-order valence-corrected chi connectivity index (χ4v) is 2.08. The molecule has 21 heavy (non-hydrogen) atoms. The van der Waals surface area contributed by atoms with Gasteiger partial charge in [0.25, 0.3) is 0 Å². The van der Waals surface area contributed by atoms with Crippen LogP contribution in [0.25, 0.3) is 6.08 Å². The lowest BCUT2D eigenvalue weighted by Gasteiger charge is -2.05. The monoisotopic (exact) mass is 302 g/mol. The SMILES string of the molecule is COc1cc(/C=C/C(=O)c2ccccc2Cl)cc(OC)c1. The van der Waals surface area contributed by atoms with Crippen LogP contribution in [-0.4, -0.2) is 20.0 Å². The fraction of sp³-hybridized carbons (Fsp3) is 0.118. The van der Waals surface area contributed by atoms with Crippen LogP contribution in [0.4, 0.5) is 0 Å². The molecule has 2 aromatic rings. The number of carbonyl (C=O) groups excluding carboxylic acids is 1. The highest BCUT2D eigenvalue weighted by Crippen LogP contribution is 2.23. The van der Waals surface area contributed by atoms with Gasteiger partial charge in [0.2, 0.25) is 0 Å². The first kappa shape index (κ1) is 15.1. The Labute approximate surface area is 128 Å². The third kappa shape index (κ3) is 3.86. The normalized spacial score (nSPS) is 10.6. The van der Waals surface area contributed by atoms with E-state index in [-0.39, 0.29) is 5.78 Å². The van der Waals surface area contributed by atoms with E-state index >= 15 is 0 Å². The number of hydrogen-bond donors (Lipinski definition) is 0. The molecule has 0 aliphatic heterocycles. The van der Waals surface area contributed by atoms with Gasteiger partial charge in [-0.1, -0.05) is 29.8 Å². The number of allylic oxidation sites excluding steroid dienone is 1. The Balaban J connectivity index is 2.25. The Kier molecular flexibility index (Phi) is 5.01. The molecule has 0 aliphatic carbocycles. The molecular formula is C17H15ClO3. The van der Waals surface area contributed by atoms with Gasteiger partial charge in [-0.25, -0.2) is 0 Å². The van der Waals surface area contributed by atoms with E-state index in [1.54, 1.807) is 50.6 Å². The van der Waals surface area contributed by atoms with Crippen molar-refractivity contribution in [3.63, 3.8) is 0 Å². The van der Waals surface area contributed by atoms with E-state index < -0.39 is 0 Å². The molecule has 0 aliphatic rings. The van der Waals surface area contributed by atoms with Crippen LogP contribution in [0.5, 0.6) is 11.5 Å². The molecule has 0 unspecified atom stereocenters. The van der Waals surface area contributed by atoms with Gasteiger partial charge in [-0.05, 0) is 35.9 Å². The van der Waals surface area contributed by atoms with Crippen LogP contribution in [0.2, 0.25) is 5.02 Å². The molecule has 0 aromatic heterocycles. The number of benzene rings is 2. The number of ether oxygens (including phenoxy) is 2. The standard InChI is InChI=1S/C17H15ClO3/c1-20-13-9-12(10-14(11-13)21-2)7-8-17(19)15-5-3-4-6-16(15)18/h3-11H,1-2H3/b8-7+. The number of halogens is 1. The average Bonchev–Trinajstić information content (AvgIpc) is 2.52. The molecule has 2 aromatic carbocycles.